The molecular formula is C15H15ClN4O. The first-order chi connectivity index (χ1) is 10.1. The number of carbonyl (C=O) groups is 1. The standard InChI is InChI=1S/C15H15ClN4O/c1-9-11(16)3-2-4-12(9)20-14-8-17-13(7-18-14)15(21)19-10-5-6-10/h2-4,7-8,10H,5-6H2,1H3,(H,18,20)(H,19,21). The molecule has 108 valence electrons. The third-order valence-electron chi connectivity index (χ3n) is 3.33. The number of aromatic nitrogens is 2. The molecule has 1 aromatic heterocycles. The lowest BCUT2D eigenvalue weighted by Gasteiger charge is -2.10. The van der Waals surface area contributed by atoms with Gasteiger partial charge in [-0.25, -0.2) is 9.97 Å². The summed E-state index contributed by atoms with van der Waals surface area (Å²) >= 11 is 6.07. The number of nitrogens with zero attached hydrogens (tertiary/aromatic N) is 2. The van der Waals surface area contributed by atoms with Crippen molar-refractivity contribution in [2.45, 2.75) is 25.8 Å². The Hall–Kier alpha value is -2.14. The summed E-state index contributed by atoms with van der Waals surface area (Å²) in [5, 5.41) is 6.71. The maximum atomic E-state index is 11.8. The van der Waals surface area contributed by atoms with Crippen molar-refractivity contribution in [1.82, 2.24) is 15.3 Å². The highest BCUT2D eigenvalue weighted by Crippen LogP contribution is 2.25. The third-order valence-corrected chi connectivity index (χ3v) is 3.74. The van der Waals surface area contributed by atoms with E-state index in [1.807, 2.05) is 25.1 Å². The Morgan fingerprint density at radius 1 is 1.29 bits per heavy atom. The van der Waals surface area contributed by atoms with Gasteiger partial charge in [-0.1, -0.05) is 17.7 Å². The zero-order chi connectivity index (χ0) is 14.8. The van der Waals surface area contributed by atoms with Crippen LogP contribution in [-0.4, -0.2) is 21.9 Å². The Morgan fingerprint density at radius 3 is 2.76 bits per heavy atom. The first-order valence-electron chi connectivity index (χ1n) is 6.78. The molecule has 0 saturated heterocycles. The molecule has 2 N–H and O–H groups in total. The maximum absolute atomic E-state index is 11.8. The summed E-state index contributed by atoms with van der Waals surface area (Å²) in [6.45, 7) is 1.93. The number of anilines is 2. The van der Waals surface area contributed by atoms with Crippen LogP contribution in [0.4, 0.5) is 11.5 Å². The molecule has 0 spiro atoms. The molecule has 1 heterocycles. The molecule has 0 bridgehead atoms. The van der Waals surface area contributed by atoms with Gasteiger partial charge in [0.15, 0.2) is 0 Å². The largest absolute Gasteiger partial charge is 0.348 e. The average Bonchev–Trinajstić information content (AvgIpc) is 3.28. The molecule has 1 amide bonds. The second-order valence-electron chi connectivity index (χ2n) is 5.07. The predicted octanol–water partition coefficient (Wildman–Crippen LogP) is 3.07. The van der Waals surface area contributed by atoms with Gasteiger partial charge < -0.3 is 10.6 Å². The number of amides is 1. The third kappa shape index (κ3) is 3.31. The minimum absolute atomic E-state index is 0.171. The van der Waals surface area contributed by atoms with Crippen LogP contribution in [0, 0.1) is 6.92 Å². The van der Waals surface area contributed by atoms with Crippen molar-refractivity contribution in [3.63, 3.8) is 0 Å². The van der Waals surface area contributed by atoms with E-state index in [4.69, 9.17) is 11.6 Å². The molecule has 21 heavy (non-hydrogen) atoms. The number of halogens is 1. The van der Waals surface area contributed by atoms with Crippen LogP contribution >= 0.6 is 11.6 Å². The second-order valence-corrected chi connectivity index (χ2v) is 5.48. The molecule has 0 atom stereocenters. The number of hydrogen-bond acceptors (Lipinski definition) is 4. The first-order valence-corrected chi connectivity index (χ1v) is 7.16. The van der Waals surface area contributed by atoms with E-state index in [1.54, 1.807) is 6.20 Å². The highest BCUT2D eigenvalue weighted by atomic mass is 35.5. The molecular weight excluding hydrogens is 288 g/mol. The zero-order valence-electron chi connectivity index (χ0n) is 11.6. The number of hydrogen-bond donors (Lipinski definition) is 2. The molecule has 0 aliphatic heterocycles. The Bertz CT molecular complexity index is 668. The van der Waals surface area contributed by atoms with Gasteiger partial charge >= 0.3 is 0 Å². The van der Waals surface area contributed by atoms with Crippen molar-refractivity contribution in [2.75, 3.05) is 5.32 Å². The van der Waals surface area contributed by atoms with Gasteiger partial charge in [0.2, 0.25) is 0 Å². The fourth-order valence-electron chi connectivity index (χ4n) is 1.88. The summed E-state index contributed by atoms with van der Waals surface area (Å²) in [4.78, 5) is 20.2. The Morgan fingerprint density at radius 2 is 2.10 bits per heavy atom. The van der Waals surface area contributed by atoms with Crippen molar-refractivity contribution in [3.05, 3.63) is 46.9 Å². The maximum Gasteiger partial charge on any atom is 0.271 e. The lowest BCUT2D eigenvalue weighted by molar-refractivity contribution is 0.0945. The molecule has 5 nitrogen and oxygen atoms in total. The number of nitrogens with one attached hydrogen (secondary N) is 2. The SMILES string of the molecule is Cc1c(Cl)cccc1Nc1cnc(C(=O)NC2CC2)cn1. The molecule has 1 saturated carbocycles. The Labute approximate surface area is 127 Å². The van der Waals surface area contributed by atoms with Crippen molar-refractivity contribution < 1.29 is 4.79 Å². The monoisotopic (exact) mass is 302 g/mol. The minimum Gasteiger partial charge on any atom is -0.348 e. The van der Waals surface area contributed by atoms with Gasteiger partial charge in [-0.3, -0.25) is 4.79 Å². The first kappa shape index (κ1) is 13.8. The molecule has 6 heteroatoms. The average molecular weight is 303 g/mol. The highest BCUT2D eigenvalue weighted by molar-refractivity contribution is 6.31. The van der Waals surface area contributed by atoms with E-state index in [0.717, 1.165) is 24.1 Å². The summed E-state index contributed by atoms with van der Waals surface area (Å²) in [6, 6.07) is 5.92. The molecule has 1 fully saturated rings. The predicted molar refractivity (Wildman–Crippen MR) is 82.0 cm³/mol. The van der Waals surface area contributed by atoms with Gasteiger partial charge in [-0.15, -0.1) is 0 Å². The van der Waals surface area contributed by atoms with E-state index >= 15 is 0 Å². The van der Waals surface area contributed by atoms with Crippen molar-refractivity contribution >= 4 is 29.0 Å². The lowest BCUT2D eigenvalue weighted by Crippen LogP contribution is -2.26. The van der Waals surface area contributed by atoms with Crippen molar-refractivity contribution in [2.24, 2.45) is 0 Å². The van der Waals surface area contributed by atoms with Crippen molar-refractivity contribution in [3.8, 4) is 0 Å². The molecule has 0 unspecified atom stereocenters. The van der Waals surface area contributed by atoms with Crippen LogP contribution in [0.25, 0.3) is 0 Å². The van der Waals surface area contributed by atoms with E-state index < -0.39 is 0 Å². The number of rotatable bonds is 4. The molecule has 1 aliphatic carbocycles. The minimum atomic E-state index is -0.171. The highest BCUT2D eigenvalue weighted by Gasteiger charge is 2.24. The molecule has 0 radical (unpaired) electrons. The van der Waals surface area contributed by atoms with E-state index in [9.17, 15) is 4.79 Å². The fourth-order valence-corrected chi connectivity index (χ4v) is 2.05. The summed E-state index contributed by atoms with van der Waals surface area (Å²) in [6.07, 6.45) is 5.11. The number of carbonyl (C=O) groups excluding carboxylic acids is 1. The van der Waals surface area contributed by atoms with Gasteiger partial charge in [0, 0.05) is 16.8 Å². The fraction of sp³-hybridized carbons (Fsp3) is 0.267. The van der Waals surface area contributed by atoms with E-state index in [2.05, 4.69) is 20.6 Å². The van der Waals surface area contributed by atoms with E-state index in [0.29, 0.717) is 22.6 Å². The van der Waals surface area contributed by atoms with Gasteiger partial charge in [-0.2, -0.15) is 0 Å². The molecule has 2 aromatic rings. The zero-order valence-corrected chi connectivity index (χ0v) is 12.3. The van der Waals surface area contributed by atoms with Crippen LogP contribution in [-0.2, 0) is 0 Å². The van der Waals surface area contributed by atoms with Crippen molar-refractivity contribution in [1.29, 1.82) is 0 Å². The summed E-state index contributed by atoms with van der Waals surface area (Å²) in [7, 11) is 0. The van der Waals surface area contributed by atoms with E-state index in [-0.39, 0.29) is 5.91 Å². The van der Waals surface area contributed by atoms with Gasteiger partial charge in [0.25, 0.3) is 5.91 Å². The van der Waals surface area contributed by atoms with Crippen LogP contribution in [0.15, 0.2) is 30.6 Å². The van der Waals surface area contributed by atoms with Crippen LogP contribution in [0.3, 0.4) is 0 Å². The smallest absolute Gasteiger partial charge is 0.271 e. The van der Waals surface area contributed by atoms with Gasteiger partial charge in [-0.05, 0) is 37.5 Å². The van der Waals surface area contributed by atoms with Crippen LogP contribution < -0.4 is 10.6 Å². The normalized spacial score (nSPS) is 13.8. The quantitative estimate of drug-likeness (QED) is 0.911. The Balaban J connectivity index is 1.71. The summed E-state index contributed by atoms with van der Waals surface area (Å²) in [5.41, 5.74) is 2.14. The molecule has 1 aliphatic rings. The summed E-state index contributed by atoms with van der Waals surface area (Å²) < 4.78 is 0. The topological polar surface area (TPSA) is 66.9 Å². The Kier molecular flexibility index (Phi) is 3.75. The lowest BCUT2D eigenvalue weighted by atomic mass is 10.2. The second kappa shape index (κ2) is 5.69. The molecule has 1 aromatic carbocycles. The molecule has 3 rings (SSSR count). The van der Waals surface area contributed by atoms with Gasteiger partial charge in [0.05, 0.1) is 12.4 Å². The van der Waals surface area contributed by atoms with Crippen LogP contribution in [0.1, 0.15) is 28.9 Å². The van der Waals surface area contributed by atoms with Crippen LogP contribution in [0.5, 0.6) is 0 Å². The van der Waals surface area contributed by atoms with Crippen LogP contribution in [0.2, 0.25) is 5.02 Å². The number of benzene rings is 1. The summed E-state index contributed by atoms with van der Waals surface area (Å²) in [5.74, 6) is 0.402. The van der Waals surface area contributed by atoms with E-state index in [1.165, 1.54) is 6.20 Å². The van der Waals surface area contributed by atoms with Gasteiger partial charge in [0.1, 0.15) is 11.5 Å².